The Labute approximate surface area is 187 Å². The minimum atomic E-state index is -0.0613. The molecule has 0 aliphatic carbocycles. The molecule has 0 bridgehead atoms. The number of nitrogens with zero attached hydrogens (tertiary/aromatic N) is 5. The number of hydrogen-bond donors (Lipinski definition) is 1. The maximum absolute atomic E-state index is 12.8. The summed E-state index contributed by atoms with van der Waals surface area (Å²) in [5, 5.41) is 12.4. The van der Waals surface area contributed by atoms with Gasteiger partial charge in [0, 0.05) is 49.2 Å². The van der Waals surface area contributed by atoms with E-state index in [0.29, 0.717) is 49.1 Å². The topological polar surface area (TPSA) is 94.4 Å². The second-order valence-corrected chi connectivity index (χ2v) is 7.52. The Kier molecular flexibility index (Phi) is 6.17. The second kappa shape index (κ2) is 9.35. The molecule has 0 unspecified atom stereocenters. The van der Waals surface area contributed by atoms with Crippen LogP contribution in [0.5, 0.6) is 5.75 Å². The molecule has 1 fully saturated rings. The number of ether oxygens (including phenoxy) is 1. The van der Waals surface area contributed by atoms with Crippen LogP contribution in [0.15, 0.2) is 54.6 Å². The molecule has 4 rings (SSSR count). The monoisotopic (exact) mass is 428 g/mol. The van der Waals surface area contributed by atoms with Crippen molar-refractivity contribution < 1.29 is 9.53 Å². The Morgan fingerprint density at radius 2 is 1.81 bits per heavy atom. The molecule has 1 saturated heterocycles. The predicted octanol–water partition coefficient (Wildman–Crippen LogP) is 3.37. The summed E-state index contributed by atoms with van der Waals surface area (Å²) < 4.78 is 5.20. The van der Waals surface area contributed by atoms with Gasteiger partial charge in [-0.3, -0.25) is 4.79 Å². The molecule has 32 heavy (non-hydrogen) atoms. The van der Waals surface area contributed by atoms with Crippen molar-refractivity contribution in [2.24, 2.45) is 0 Å². The average Bonchev–Trinajstić information content (AvgIpc) is 2.84. The summed E-state index contributed by atoms with van der Waals surface area (Å²) in [6, 6.07) is 18.4. The van der Waals surface area contributed by atoms with Gasteiger partial charge in [-0.2, -0.15) is 10.2 Å². The first kappa shape index (κ1) is 21.1. The lowest BCUT2D eigenvalue weighted by Crippen LogP contribution is -2.49. The lowest BCUT2D eigenvalue weighted by molar-refractivity contribution is 0.0746. The van der Waals surface area contributed by atoms with Gasteiger partial charge in [-0.15, -0.1) is 0 Å². The van der Waals surface area contributed by atoms with E-state index in [-0.39, 0.29) is 5.91 Å². The lowest BCUT2D eigenvalue weighted by Gasteiger charge is -2.35. The molecule has 1 aliphatic heterocycles. The molecule has 1 amide bonds. The van der Waals surface area contributed by atoms with Crippen molar-refractivity contribution in [2.45, 2.75) is 6.92 Å². The van der Waals surface area contributed by atoms with E-state index in [1.165, 1.54) is 0 Å². The number of rotatable bonds is 5. The zero-order valence-electron chi connectivity index (χ0n) is 18.1. The van der Waals surface area contributed by atoms with Crippen LogP contribution in [0.25, 0.3) is 0 Å². The molecule has 0 atom stereocenters. The largest absolute Gasteiger partial charge is 0.497 e. The van der Waals surface area contributed by atoms with Crippen LogP contribution in [0, 0.1) is 18.3 Å². The molecule has 2 heterocycles. The molecule has 1 N–H and O–H groups in total. The first-order valence-electron chi connectivity index (χ1n) is 10.4. The van der Waals surface area contributed by atoms with Crippen LogP contribution in [0.2, 0.25) is 0 Å². The molecule has 0 saturated carbocycles. The Bertz CT molecular complexity index is 1150. The molecular weight excluding hydrogens is 404 g/mol. The van der Waals surface area contributed by atoms with Gasteiger partial charge in [0.25, 0.3) is 5.91 Å². The minimum absolute atomic E-state index is 0.0613. The van der Waals surface area contributed by atoms with Gasteiger partial charge in [-0.25, -0.2) is 4.98 Å². The number of hydrogen-bond acceptors (Lipinski definition) is 7. The molecule has 162 valence electrons. The van der Waals surface area contributed by atoms with Crippen molar-refractivity contribution in [1.82, 2.24) is 14.9 Å². The van der Waals surface area contributed by atoms with Crippen LogP contribution in [0.4, 0.5) is 17.5 Å². The van der Waals surface area contributed by atoms with E-state index in [1.54, 1.807) is 36.3 Å². The van der Waals surface area contributed by atoms with Gasteiger partial charge in [-0.1, -0.05) is 6.07 Å². The third-order valence-corrected chi connectivity index (χ3v) is 5.29. The van der Waals surface area contributed by atoms with E-state index in [2.05, 4.69) is 26.3 Å². The summed E-state index contributed by atoms with van der Waals surface area (Å²) >= 11 is 0. The highest BCUT2D eigenvalue weighted by molar-refractivity contribution is 5.94. The third-order valence-electron chi connectivity index (χ3n) is 5.29. The predicted molar refractivity (Wildman–Crippen MR) is 122 cm³/mol. The quantitative estimate of drug-likeness (QED) is 0.666. The number of anilines is 3. The zero-order chi connectivity index (χ0) is 22.5. The number of nitrogens with one attached hydrogen (secondary N) is 1. The summed E-state index contributed by atoms with van der Waals surface area (Å²) in [6.07, 6.45) is 0. The van der Waals surface area contributed by atoms with Gasteiger partial charge in [0.1, 0.15) is 11.6 Å². The SMILES string of the molecule is COc1ccc(Nc2cc(C)nc(N3CCN(C(=O)c4cccc(C#N)c4)CC3)n2)cc1. The molecule has 3 aromatic rings. The Morgan fingerprint density at radius 1 is 1.06 bits per heavy atom. The van der Waals surface area contributed by atoms with Crippen LogP contribution in [0.3, 0.4) is 0 Å². The Morgan fingerprint density at radius 3 is 2.50 bits per heavy atom. The highest BCUT2D eigenvalue weighted by Gasteiger charge is 2.24. The first-order valence-corrected chi connectivity index (χ1v) is 10.4. The fraction of sp³-hybridized carbons (Fsp3) is 0.250. The molecule has 2 aromatic carbocycles. The zero-order valence-corrected chi connectivity index (χ0v) is 18.1. The normalized spacial score (nSPS) is 13.4. The van der Waals surface area contributed by atoms with Gasteiger partial charge < -0.3 is 19.9 Å². The molecule has 1 aliphatic rings. The standard InChI is InChI=1S/C24H24N6O2/c1-17-14-22(27-20-6-8-21(32-2)9-7-20)28-24(26-17)30-12-10-29(11-13-30)23(31)19-5-3-4-18(15-19)16-25/h3-9,14-15H,10-13H2,1-2H3,(H,26,27,28). The number of nitriles is 1. The van der Waals surface area contributed by atoms with Crippen molar-refractivity contribution in [1.29, 1.82) is 5.26 Å². The van der Waals surface area contributed by atoms with Crippen LogP contribution >= 0.6 is 0 Å². The van der Waals surface area contributed by atoms with E-state index in [9.17, 15) is 4.79 Å². The van der Waals surface area contributed by atoms with Gasteiger partial charge in [0.05, 0.1) is 18.7 Å². The van der Waals surface area contributed by atoms with E-state index < -0.39 is 0 Å². The van der Waals surface area contributed by atoms with Gasteiger partial charge in [0.2, 0.25) is 5.95 Å². The Balaban J connectivity index is 1.42. The van der Waals surface area contributed by atoms with Crippen molar-refractivity contribution in [3.8, 4) is 11.8 Å². The van der Waals surface area contributed by atoms with Crippen molar-refractivity contribution >= 4 is 23.4 Å². The number of benzene rings is 2. The highest BCUT2D eigenvalue weighted by Crippen LogP contribution is 2.22. The minimum Gasteiger partial charge on any atom is -0.497 e. The van der Waals surface area contributed by atoms with Gasteiger partial charge >= 0.3 is 0 Å². The number of carbonyl (C=O) groups is 1. The number of aryl methyl sites for hydroxylation is 1. The summed E-state index contributed by atoms with van der Waals surface area (Å²) in [5.41, 5.74) is 2.79. The van der Waals surface area contributed by atoms with Crippen LogP contribution in [-0.2, 0) is 0 Å². The van der Waals surface area contributed by atoms with Crippen LogP contribution < -0.4 is 15.0 Å². The van der Waals surface area contributed by atoms with Crippen LogP contribution in [-0.4, -0.2) is 54.1 Å². The fourth-order valence-electron chi connectivity index (χ4n) is 3.59. The molecule has 8 nitrogen and oxygen atoms in total. The summed E-state index contributed by atoms with van der Waals surface area (Å²) in [6.45, 7) is 4.33. The Hall–Kier alpha value is -4.12. The number of methoxy groups -OCH3 is 1. The van der Waals surface area contributed by atoms with Gasteiger partial charge in [-0.05, 0) is 49.4 Å². The lowest BCUT2D eigenvalue weighted by atomic mass is 10.1. The van der Waals surface area contributed by atoms with Crippen molar-refractivity contribution in [2.75, 3.05) is 43.5 Å². The first-order chi connectivity index (χ1) is 15.6. The van der Waals surface area contributed by atoms with Crippen molar-refractivity contribution in [3.05, 3.63) is 71.4 Å². The maximum atomic E-state index is 12.8. The summed E-state index contributed by atoms with van der Waals surface area (Å²) in [5.74, 6) is 2.08. The van der Waals surface area contributed by atoms with Crippen molar-refractivity contribution in [3.63, 3.8) is 0 Å². The maximum Gasteiger partial charge on any atom is 0.254 e. The molecule has 0 spiro atoms. The van der Waals surface area contributed by atoms with E-state index in [1.807, 2.05) is 37.3 Å². The average molecular weight is 428 g/mol. The number of carbonyl (C=O) groups excluding carboxylic acids is 1. The van der Waals surface area contributed by atoms with E-state index in [4.69, 9.17) is 10.00 Å². The van der Waals surface area contributed by atoms with E-state index in [0.717, 1.165) is 17.1 Å². The molecule has 0 radical (unpaired) electrons. The second-order valence-electron chi connectivity index (χ2n) is 7.52. The number of amides is 1. The third kappa shape index (κ3) is 4.78. The molecule has 1 aromatic heterocycles. The summed E-state index contributed by atoms with van der Waals surface area (Å²) in [4.78, 5) is 26.0. The van der Waals surface area contributed by atoms with E-state index >= 15 is 0 Å². The van der Waals surface area contributed by atoms with Crippen LogP contribution in [0.1, 0.15) is 21.6 Å². The number of aromatic nitrogens is 2. The smallest absolute Gasteiger partial charge is 0.254 e. The molecule has 8 heteroatoms. The summed E-state index contributed by atoms with van der Waals surface area (Å²) in [7, 11) is 1.64. The van der Waals surface area contributed by atoms with Gasteiger partial charge in [0.15, 0.2) is 0 Å². The number of piperazine rings is 1. The highest BCUT2D eigenvalue weighted by atomic mass is 16.5. The fourth-order valence-corrected chi connectivity index (χ4v) is 3.59. The molecular formula is C24H24N6O2.